The molecule has 0 aliphatic carbocycles. The summed E-state index contributed by atoms with van der Waals surface area (Å²) in [6, 6.07) is 4.24. The molecule has 3 aromatic rings. The number of para-hydroxylation sites is 1. The number of anilines is 1. The van der Waals surface area contributed by atoms with E-state index in [9.17, 15) is 10.1 Å². The first kappa shape index (κ1) is 13.1. The van der Waals surface area contributed by atoms with E-state index in [4.69, 9.17) is 22.1 Å². The van der Waals surface area contributed by atoms with Gasteiger partial charge in [-0.15, -0.1) is 0 Å². The van der Waals surface area contributed by atoms with E-state index >= 15 is 0 Å². The van der Waals surface area contributed by atoms with Gasteiger partial charge >= 0.3 is 5.69 Å². The summed E-state index contributed by atoms with van der Waals surface area (Å²) < 4.78 is 7.10. The van der Waals surface area contributed by atoms with E-state index in [1.165, 1.54) is 24.4 Å². The second-order valence-corrected chi connectivity index (χ2v) is 4.48. The summed E-state index contributed by atoms with van der Waals surface area (Å²) in [5.41, 5.74) is 5.77. The fourth-order valence-corrected chi connectivity index (χ4v) is 2.04. The lowest BCUT2D eigenvalue weighted by atomic mass is 10.3. The molecule has 3 rings (SSSR count). The van der Waals surface area contributed by atoms with E-state index < -0.39 is 4.92 Å². The Morgan fingerprint density at radius 3 is 3.00 bits per heavy atom. The molecule has 2 N–H and O–H groups in total. The minimum Gasteiger partial charge on any atom is -0.427 e. The van der Waals surface area contributed by atoms with E-state index in [-0.39, 0.29) is 28.2 Å². The van der Waals surface area contributed by atoms with Crippen LogP contribution in [-0.4, -0.2) is 19.3 Å². The molecule has 0 radical (unpaired) electrons. The van der Waals surface area contributed by atoms with Crippen LogP contribution in [0.5, 0.6) is 11.6 Å². The normalized spacial score (nSPS) is 10.7. The van der Waals surface area contributed by atoms with Crippen molar-refractivity contribution >= 4 is 28.8 Å². The van der Waals surface area contributed by atoms with E-state index in [1.54, 1.807) is 16.8 Å². The van der Waals surface area contributed by atoms with Gasteiger partial charge in [-0.3, -0.25) is 14.5 Å². The molecule has 106 valence electrons. The second kappa shape index (κ2) is 4.91. The molecule has 9 heteroatoms. The zero-order valence-electron chi connectivity index (χ0n) is 10.4. The quantitative estimate of drug-likeness (QED) is 0.588. The Kier molecular flexibility index (Phi) is 3.07. The Labute approximate surface area is 122 Å². The minimum absolute atomic E-state index is 0.0381. The average molecular weight is 306 g/mol. The predicted molar refractivity (Wildman–Crippen MR) is 75.6 cm³/mol. The van der Waals surface area contributed by atoms with Crippen LogP contribution in [0, 0.1) is 10.1 Å². The first-order chi connectivity index (χ1) is 10.1. The van der Waals surface area contributed by atoms with Crippen molar-refractivity contribution in [2.75, 3.05) is 5.73 Å². The Morgan fingerprint density at radius 1 is 1.43 bits per heavy atom. The average Bonchev–Trinajstić information content (AvgIpc) is 2.88. The zero-order valence-corrected chi connectivity index (χ0v) is 11.2. The molecule has 0 atom stereocenters. The van der Waals surface area contributed by atoms with Crippen molar-refractivity contribution in [3.05, 3.63) is 51.9 Å². The first-order valence-corrected chi connectivity index (χ1v) is 6.14. The molecule has 0 aliphatic rings. The number of hydrogen-bond donors (Lipinski definition) is 1. The number of rotatable bonds is 3. The summed E-state index contributed by atoms with van der Waals surface area (Å²) in [5.74, 6) is 0.119. The molecule has 1 aromatic carbocycles. The van der Waals surface area contributed by atoms with Gasteiger partial charge in [0.05, 0.1) is 16.1 Å². The maximum absolute atomic E-state index is 11.0. The number of halogens is 1. The number of hydrogen-bond acceptors (Lipinski definition) is 6. The van der Waals surface area contributed by atoms with Crippen LogP contribution < -0.4 is 10.5 Å². The number of nitro groups is 1. The standard InChI is InChI=1S/C12H8ClN5O3/c13-7-2-1-3-8(18(19)20)10(7)21-12-11-15-4-5-17(11)6-9(14)16-12/h1-6H,14H2. The second-order valence-electron chi connectivity index (χ2n) is 4.08. The molecule has 0 saturated heterocycles. The predicted octanol–water partition coefficient (Wildman–Crippen LogP) is 2.67. The van der Waals surface area contributed by atoms with Crippen LogP contribution >= 0.6 is 11.6 Å². The number of nitrogen functional groups attached to an aromatic ring is 1. The third-order valence-corrected chi connectivity index (χ3v) is 3.00. The maximum atomic E-state index is 11.0. The lowest BCUT2D eigenvalue weighted by Crippen LogP contribution is -2.01. The zero-order chi connectivity index (χ0) is 15.0. The molecule has 0 bridgehead atoms. The van der Waals surface area contributed by atoms with Gasteiger partial charge in [-0.05, 0) is 6.07 Å². The van der Waals surface area contributed by atoms with Crippen LogP contribution in [0.25, 0.3) is 5.65 Å². The number of benzene rings is 1. The van der Waals surface area contributed by atoms with Gasteiger partial charge in [0.15, 0.2) is 0 Å². The summed E-state index contributed by atoms with van der Waals surface area (Å²) in [6.07, 6.45) is 4.74. The topological polar surface area (TPSA) is 109 Å². The number of imidazole rings is 1. The highest BCUT2D eigenvalue weighted by atomic mass is 35.5. The Balaban J connectivity index is 2.15. The smallest absolute Gasteiger partial charge is 0.313 e. The molecule has 0 aliphatic heterocycles. The third-order valence-electron chi connectivity index (χ3n) is 2.70. The van der Waals surface area contributed by atoms with E-state index in [2.05, 4.69) is 9.97 Å². The van der Waals surface area contributed by atoms with E-state index in [0.29, 0.717) is 5.65 Å². The molecule has 8 nitrogen and oxygen atoms in total. The fraction of sp³-hybridized carbons (Fsp3) is 0. The minimum atomic E-state index is -0.587. The SMILES string of the molecule is Nc1cn2ccnc2c(Oc2c(Cl)cccc2[N+](=O)[O-])n1. The monoisotopic (exact) mass is 305 g/mol. The van der Waals surface area contributed by atoms with Gasteiger partial charge in [0.25, 0.3) is 5.88 Å². The number of ether oxygens (including phenoxy) is 1. The highest BCUT2D eigenvalue weighted by Gasteiger charge is 2.21. The number of nitro benzene ring substituents is 1. The molecular weight excluding hydrogens is 298 g/mol. The molecule has 21 heavy (non-hydrogen) atoms. The van der Waals surface area contributed by atoms with Gasteiger partial charge < -0.3 is 10.5 Å². The van der Waals surface area contributed by atoms with E-state index in [1.807, 2.05) is 0 Å². The van der Waals surface area contributed by atoms with Gasteiger partial charge in [-0.1, -0.05) is 17.7 Å². The number of nitrogens with two attached hydrogens (primary N) is 1. The largest absolute Gasteiger partial charge is 0.427 e. The van der Waals surface area contributed by atoms with Gasteiger partial charge in [-0.25, -0.2) is 4.98 Å². The number of aromatic nitrogens is 3. The molecule has 0 spiro atoms. The summed E-state index contributed by atoms with van der Waals surface area (Å²) in [7, 11) is 0. The van der Waals surface area contributed by atoms with Gasteiger partial charge in [-0.2, -0.15) is 4.98 Å². The highest BCUT2D eigenvalue weighted by Crippen LogP contribution is 2.38. The Hall–Kier alpha value is -2.87. The maximum Gasteiger partial charge on any atom is 0.313 e. The summed E-state index contributed by atoms with van der Waals surface area (Å²) in [6.45, 7) is 0. The van der Waals surface area contributed by atoms with Gasteiger partial charge in [0.2, 0.25) is 11.4 Å². The van der Waals surface area contributed by atoms with Crippen molar-refractivity contribution in [3.8, 4) is 11.6 Å². The molecule has 0 amide bonds. The molecule has 2 heterocycles. The van der Waals surface area contributed by atoms with Crippen LogP contribution in [0.3, 0.4) is 0 Å². The van der Waals surface area contributed by atoms with Crippen LogP contribution in [-0.2, 0) is 0 Å². The molecule has 0 unspecified atom stereocenters. The van der Waals surface area contributed by atoms with Crippen molar-refractivity contribution in [3.63, 3.8) is 0 Å². The van der Waals surface area contributed by atoms with Crippen molar-refractivity contribution in [1.29, 1.82) is 0 Å². The number of fused-ring (bicyclic) bond motifs is 1. The van der Waals surface area contributed by atoms with Crippen molar-refractivity contribution < 1.29 is 9.66 Å². The van der Waals surface area contributed by atoms with Crippen LogP contribution in [0.4, 0.5) is 11.5 Å². The third kappa shape index (κ3) is 2.32. The van der Waals surface area contributed by atoms with Crippen molar-refractivity contribution in [2.45, 2.75) is 0 Å². The van der Waals surface area contributed by atoms with Crippen LogP contribution in [0.1, 0.15) is 0 Å². The van der Waals surface area contributed by atoms with Crippen molar-refractivity contribution in [1.82, 2.24) is 14.4 Å². The van der Waals surface area contributed by atoms with E-state index in [0.717, 1.165) is 0 Å². The molecule has 0 saturated carbocycles. The fourth-order valence-electron chi connectivity index (χ4n) is 1.83. The van der Waals surface area contributed by atoms with Crippen LogP contribution in [0.2, 0.25) is 5.02 Å². The Bertz CT molecular complexity index is 848. The summed E-state index contributed by atoms with van der Waals surface area (Å²) in [4.78, 5) is 18.5. The molecular formula is C12H8ClN5O3. The first-order valence-electron chi connectivity index (χ1n) is 5.76. The van der Waals surface area contributed by atoms with Crippen LogP contribution in [0.15, 0.2) is 36.8 Å². The number of nitrogens with zero attached hydrogens (tertiary/aromatic N) is 4. The Morgan fingerprint density at radius 2 is 2.24 bits per heavy atom. The summed E-state index contributed by atoms with van der Waals surface area (Å²) in [5, 5.41) is 11.1. The lowest BCUT2D eigenvalue weighted by molar-refractivity contribution is -0.385. The van der Waals surface area contributed by atoms with Crippen molar-refractivity contribution in [2.24, 2.45) is 0 Å². The molecule has 2 aromatic heterocycles. The lowest BCUT2D eigenvalue weighted by Gasteiger charge is -2.08. The van der Waals surface area contributed by atoms with Gasteiger partial charge in [0.1, 0.15) is 5.82 Å². The summed E-state index contributed by atoms with van der Waals surface area (Å²) >= 11 is 5.97. The van der Waals surface area contributed by atoms with Gasteiger partial charge in [0, 0.05) is 18.5 Å². The molecule has 0 fully saturated rings. The highest BCUT2D eigenvalue weighted by molar-refractivity contribution is 6.32.